The number of hydrogen-bond donors (Lipinski definition) is 0. The highest BCUT2D eigenvalue weighted by atomic mass is 16.5. The van der Waals surface area contributed by atoms with Gasteiger partial charge in [0, 0.05) is 11.8 Å². The SMILES string of the molecule is CCCCc1ccc(-c2ccc(OC)cc2)nc1. The van der Waals surface area contributed by atoms with Gasteiger partial charge < -0.3 is 4.74 Å². The summed E-state index contributed by atoms with van der Waals surface area (Å²) in [6.45, 7) is 2.21. The quantitative estimate of drug-likeness (QED) is 0.786. The van der Waals surface area contributed by atoms with Crippen LogP contribution in [0.25, 0.3) is 11.3 Å². The highest BCUT2D eigenvalue weighted by Gasteiger charge is 2.00. The largest absolute Gasteiger partial charge is 0.497 e. The first kappa shape index (κ1) is 12.6. The Morgan fingerprint density at radius 1 is 1.06 bits per heavy atom. The Kier molecular flexibility index (Phi) is 4.35. The van der Waals surface area contributed by atoms with Crippen molar-refractivity contribution >= 4 is 0 Å². The lowest BCUT2D eigenvalue weighted by Gasteiger charge is -2.04. The minimum absolute atomic E-state index is 0.873. The second kappa shape index (κ2) is 6.20. The van der Waals surface area contributed by atoms with E-state index in [0.717, 1.165) is 23.4 Å². The van der Waals surface area contributed by atoms with Gasteiger partial charge in [-0.3, -0.25) is 4.98 Å². The minimum atomic E-state index is 0.873. The first-order valence-corrected chi connectivity index (χ1v) is 6.43. The van der Waals surface area contributed by atoms with Crippen LogP contribution in [-0.4, -0.2) is 12.1 Å². The van der Waals surface area contributed by atoms with Crippen LogP contribution in [0.1, 0.15) is 25.3 Å². The van der Waals surface area contributed by atoms with Crippen LogP contribution in [-0.2, 0) is 6.42 Å². The summed E-state index contributed by atoms with van der Waals surface area (Å²) in [5.41, 5.74) is 3.45. The molecular weight excluding hydrogens is 222 g/mol. The molecule has 0 atom stereocenters. The van der Waals surface area contributed by atoms with Crippen molar-refractivity contribution in [2.24, 2.45) is 0 Å². The maximum Gasteiger partial charge on any atom is 0.118 e. The van der Waals surface area contributed by atoms with Gasteiger partial charge in [0.15, 0.2) is 0 Å². The molecule has 0 N–H and O–H groups in total. The Labute approximate surface area is 109 Å². The number of nitrogens with zero attached hydrogens (tertiary/aromatic N) is 1. The average molecular weight is 241 g/mol. The zero-order valence-electron chi connectivity index (χ0n) is 11.0. The van der Waals surface area contributed by atoms with Gasteiger partial charge >= 0.3 is 0 Å². The molecule has 0 saturated carbocycles. The van der Waals surface area contributed by atoms with Crippen molar-refractivity contribution in [2.75, 3.05) is 7.11 Å². The van der Waals surface area contributed by atoms with E-state index in [-0.39, 0.29) is 0 Å². The predicted octanol–water partition coefficient (Wildman–Crippen LogP) is 4.10. The van der Waals surface area contributed by atoms with E-state index in [1.165, 1.54) is 18.4 Å². The molecule has 18 heavy (non-hydrogen) atoms. The summed E-state index contributed by atoms with van der Waals surface area (Å²) in [5, 5.41) is 0. The monoisotopic (exact) mass is 241 g/mol. The Morgan fingerprint density at radius 2 is 1.83 bits per heavy atom. The van der Waals surface area contributed by atoms with Crippen LogP contribution in [0.4, 0.5) is 0 Å². The molecule has 0 spiro atoms. The summed E-state index contributed by atoms with van der Waals surface area (Å²) < 4.78 is 5.15. The Hall–Kier alpha value is -1.83. The second-order valence-electron chi connectivity index (χ2n) is 4.38. The highest BCUT2D eigenvalue weighted by molar-refractivity contribution is 5.60. The summed E-state index contributed by atoms with van der Waals surface area (Å²) >= 11 is 0. The average Bonchev–Trinajstić information content (AvgIpc) is 2.46. The van der Waals surface area contributed by atoms with Gasteiger partial charge in [0.25, 0.3) is 0 Å². The molecule has 2 rings (SSSR count). The molecule has 1 aromatic carbocycles. The van der Waals surface area contributed by atoms with Crippen molar-refractivity contribution < 1.29 is 4.74 Å². The molecule has 2 nitrogen and oxygen atoms in total. The number of methoxy groups -OCH3 is 1. The summed E-state index contributed by atoms with van der Waals surface area (Å²) in [6, 6.07) is 12.2. The summed E-state index contributed by atoms with van der Waals surface area (Å²) in [4.78, 5) is 4.52. The van der Waals surface area contributed by atoms with Crippen molar-refractivity contribution in [1.82, 2.24) is 4.98 Å². The van der Waals surface area contributed by atoms with Gasteiger partial charge in [-0.2, -0.15) is 0 Å². The van der Waals surface area contributed by atoms with Crippen LogP contribution >= 0.6 is 0 Å². The zero-order chi connectivity index (χ0) is 12.8. The number of hydrogen-bond acceptors (Lipinski definition) is 2. The maximum atomic E-state index is 5.15. The summed E-state index contributed by atoms with van der Waals surface area (Å²) in [6.07, 6.45) is 5.55. The van der Waals surface area contributed by atoms with Crippen molar-refractivity contribution in [1.29, 1.82) is 0 Å². The number of unbranched alkanes of at least 4 members (excludes halogenated alkanes) is 1. The topological polar surface area (TPSA) is 22.1 Å². The van der Waals surface area contributed by atoms with E-state index in [9.17, 15) is 0 Å². The number of benzene rings is 1. The lowest BCUT2D eigenvalue weighted by atomic mass is 10.1. The van der Waals surface area contributed by atoms with Gasteiger partial charge in [-0.15, -0.1) is 0 Å². The van der Waals surface area contributed by atoms with Gasteiger partial charge in [0.05, 0.1) is 12.8 Å². The molecule has 0 aliphatic carbocycles. The van der Waals surface area contributed by atoms with Crippen LogP contribution in [0.2, 0.25) is 0 Å². The van der Waals surface area contributed by atoms with E-state index in [1.807, 2.05) is 30.5 Å². The molecule has 0 unspecified atom stereocenters. The fourth-order valence-electron chi connectivity index (χ4n) is 1.89. The molecule has 0 saturated heterocycles. The van der Waals surface area contributed by atoms with Crippen molar-refractivity contribution in [3.8, 4) is 17.0 Å². The van der Waals surface area contributed by atoms with E-state index < -0.39 is 0 Å². The molecular formula is C16H19NO. The molecule has 2 heteroatoms. The minimum Gasteiger partial charge on any atom is -0.497 e. The highest BCUT2D eigenvalue weighted by Crippen LogP contribution is 2.20. The lowest BCUT2D eigenvalue weighted by molar-refractivity contribution is 0.415. The van der Waals surface area contributed by atoms with Gasteiger partial charge in [0.2, 0.25) is 0 Å². The van der Waals surface area contributed by atoms with Crippen LogP contribution in [0.3, 0.4) is 0 Å². The first-order chi connectivity index (χ1) is 8.83. The third-order valence-electron chi connectivity index (χ3n) is 3.03. The summed E-state index contributed by atoms with van der Waals surface area (Å²) in [7, 11) is 1.68. The van der Waals surface area contributed by atoms with Crippen molar-refractivity contribution in [3.63, 3.8) is 0 Å². The molecule has 0 bridgehead atoms. The molecule has 94 valence electrons. The van der Waals surface area contributed by atoms with Crippen LogP contribution < -0.4 is 4.74 Å². The third kappa shape index (κ3) is 3.10. The van der Waals surface area contributed by atoms with Gasteiger partial charge in [0.1, 0.15) is 5.75 Å². The predicted molar refractivity (Wildman–Crippen MR) is 74.8 cm³/mol. The normalized spacial score (nSPS) is 10.3. The van der Waals surface area contributed by atoms with Gasteiger partial charge in [-0.1, -0.05) is 19.4 Å². The fraction of sp³-hybridized carbons (Fsp3) is 0.312. The maximum absolute atomic E-state index is 5.15. The van der Waals surface area contributed by atoms with E-state index in [4.69, 9.17) is 4.74 Å². The van der Waals surface area contributed by atoms with E-state index in [2.05, 4.69) is 24.0 Å². The van der Waals surface area contributed by atoms with Crippen LogP contribution in [0.5, 0.6) is 5.75 Å². The zero-order valence-corrected chi connectivity index (χ0v) is 11.0. The van der Waals surface area contributed by atoms with Crippen LogP contribution in [0.15, 0.2) is 42.6 Å². The Morgan fingerprint density at radius 3 is 2.39 bits per heavy atom. The Balaban J connectivity index is 2.12. The fourth-order valence-corrected chi connectivity index (χ4v) is 1.89. The number of aryl methyl sites for hydroxylation is 1. The second-order valence-corrected chi connectivity index (χ2v) is 4.38. The standard InChI is InChI=1S/C16H19NO/c1-3-4-5-13-6-11-16(17-12-13)14-7-9-15(18-2)10-8-14/h6-12H,3-5H2,1-2H3. The van der Waals surface area contributed by atoms with E-state index in [1.54, 1.807) is 7.11 Å². The van der Waals surface area contributed by atoms with Gasteiger partial charge in [-0.05, 0) is 48.7 Å². The smallest absolute Gasteiger partial charge is 0.118 e. The molecule has 0 aliphatic rings. The lowest BCUT2D eigenvalue weighted by Crippen LogP contribution is -1.89. The molecule has 0 radical (unpaired) electrons. The molecule has 1 aromatic heterocycles. The number of aromatic nitrogens is 1. The number of rotatable bonds is 5. The van der Waals surface area contributed by atoms with Crippen molar-refractivity contribution in [3.05, 3.63) is 48.2 Å². The first-order valence-electron chi connectivity index (χ1n) is 6.43. The van der Waals surface area contributed by atoms with Gasteiger partial charge in [-0.25, -0.2) is 0 Å². The molecule has 0 amide bonds. The summed E-state index contributed by atoms with van der Waals surface area (Å²) in [5.74, 6) is 0.873. The molecule has 2 aromatic rings. The van der Waals surface area contributed by atoms with E-state index >= 15 is 0 Å². The molecule has 0 aliphatic heterocycles. The van der Waals surface area contributed by atoms with Crippen molar-refractivity contribution in [2.45, 2.75) is 26.2 Å². The Bertz CT molecular complexity index is 473. The van der Waals surface area contributed by atoms with E-state index in [0.29, 0.717) is 0 Å². The third-order valence-corrected chi connectivity index (χ3v) is 3.03. The van der Waals surface area contributed by atoms with Crippen LogP contribution in [0, 0.1) is 0 Å². The molecule has 0 fully saturated rings. The molecule has 1 heterocycles. The number of pyridine rings is 1. The number of ether oxygens (including phenoxy) is 1.